The zero-order valence-corrected chi connectivity index (χ0v) is 17.2. The van der Waals surface area contributed by atoms with E-state index in [0.29, 0.717) is 23.3 Å². The highest BCUT2D eigenvalue weighted by molar-refractivity contribution is 5.84. The minimum atomic E-state index is 0.389. The molecule has 0 amide bonds. The Bertz CT molecular complexity index is 742. The summed E-state index contributed by atoms with van der Waals surface area (Å²) < 4.78 is 12.9. The number of nitrogen functional groups attached to an aromatic ring is 1. The maximum atomic E-state index is 6.12. The van der Waals surface area contributed by atoms with Crippen LogP contribution in [0.1, 0.15) is 58.3 Å². The first-order chi connectivity index (χ1) is 13.7. The second-order valence-electron chi connectivity index (χ2n) is 7.54. The molecule has 3 rings (SSSR count). The Kier molecular flexibility index (Phi) is 7.71. The molecule has 0 spiro atoms. The van der Waals surface area contributed by atoms with E-state index >= 15 is 0 Å². The molecule has 0 unspecified atom stereocenters. The Morgan fingerprint density at radius 2 is 1.96 bits per heavy atom. The third-order valence-electron chi connectivity index (χ3n) is 5.42. The van der Waals surface area contributed by atoms with Crippen LogP contribution >= 0.6 is 0 Å². The van der Waals surface area contributed by atoms with Gasteiger partial charge in [-0.15, -0.1) is 0 Å². The SMILES string of the molecule is CCCCNc1nc(N)c2nc(OC)n(CCCCCC3CCOCC3)c2n1. The number of hydrogen-bond acceptors (Lipinski definition) is 7. The summed E-state index contributed by atoms with van der Waals surface area (Å²) in [5.41, 5.74) is 7.48. The lowest BCUT2D eigenvalue weighted by atomic mass is 9.94. The van der Waals surface area contributed by atoms with Crippen molar-refractivity contribution in [1.82, 2.24) is 19.5 Å². The second kappa shape index (κ2) is 10.5. The fourth-order valence-corrected chi connectivity index (χ4v) is 3.73. The number of hydrogen-bond donors (Lipinski definition) is 2. The van der Waals surface area contributed by atoms with Gasteiger partial charge in [0.25, 0.3) is 6.01 Å². The van der Waals surface area contributed by atoms with Crippen molar-refractivity contribution in [2.45, 2.75) is 64.8 Å². The summed E-state index contributed by atoms with van der Waals surface area (Å²) in [6.45, 7) is 5.66. The lowest BCUT2D eigenvalue weighted by Crippen LogP contribution is -2.15. The molecule has 3 N–H and O–H groups in total. The summed E-state index contributed by atoms with van der Waals surface area (Å²) in [6, 6.07) is 0.547. The van der Waals surface area contributed by atoms with Crippen molar-refractivity contribution in [1.29, 1.82) is 0 Å². The van der Waals surface area contributed by atoms with Crippen LogP contribution in [0.25, 0.3) is 11.2 Å². The van der Waals surface area contributed by atoms with E-state index in [1.54, 1.807) is 7.11 Å². The molecule has 0 radical (unpaired) electrons. The minimum Gasteiger partial charge on any atom is -0.468 e. The van der Waals surface area contributed by atoms with Crippen LogP contribution in [0.4, 0.5) is 11.8 Å². The summed E-state index contributed by atoms with van der Waals surface area (Å²) in [7, 11) is 1.63. The van der Waals surface area contributed by atoms with Gasteiger partial charge in [-0.05, 0) is 31.6 Å². The zero-order valence-electron chi connectivity index (χ0n) is 17.2. The summed E-state index contributed by atoms with van der Waals surface area (Å²) >= 11 is 0. The lowest BCUT2D eigenvalue weighted by Gasteiger charge is -2.21. The highest BCUT2D eigenvalue weighted by atomic mass is 16.5. The van der Waals surface area contributed by atoms with Gasteiger partial charge < -0.3 is 20.5 Å². The predicted octanol–water partition coefficient (Wildman–Crippen LogP) is 3.62. The van der Waals surface area contributed by atoms with E-state index in [0.717, 1.165) is 57.1 Å². The van der Waals surface area contributed by atoms with Gasteiger partial charge in [-0.3, -0.25) is 4.57 Å². The number of anilines is 2. The predicted molar refractivity (Wildman–Crippen MR) is 112 cm³/mol. The Morgan fingerprint density at radius 3 is 2.71 bits per heavy atom. The summed E-state index contributed by atoms with van der Waals surface area (Å²) in [6.07, 6.45) is 9.40. The van der Waals surface area contributed by atoms with E-state index < -0.39 is 0 Å². The first-order valence-corrected chi connectivity index (χ1v) is 10.6. The van der Waals surface area contributed by atoms with Crippen LogP contribution in [0.3, 0.4) is 0 Å². The molecule has 1 aliphatic heterocycles. The topological polar surface area (TPSA) is 100 Å². The fraction of sp³-hybridized carbons (Fsp3) is 0.750. The molecule has 8 nitrogen and oxygen atoms in total. The van der Waals surface area contributed by atoms with Crippen LogP contribution in [0.15, 0.2) is 0 Å². The molecular weight excluding hydrogens is 356 g/mol. The molecule has 1 aliphatic rings. The lowest BCUT2D eigenvalue weighted by molar-refractivity contribution is 0.0631. The van der Waals surface area contributed by atoms with E-state index in [1.165, 1.54) is 32.1 Å². The first-order valence-electron chi connectivity index (χ1n) is 10.6. The van der Waals surface area contributed by atoms with Crippen molar-refractivity contribution in [2.75, 3.05) is 37.9 Å². The summed E-state index contributed by atoms with van der Waals surface area (Å²) in [4.78, 5) is 13.5. The van der Waals surface area contributed by atoms with E-state index in [1.807, 2.05) is 4.57 Å². The van der Waals surface area contributed by atoms with Crippen LogP contribution < -0.4 is 15.8 Å². The Hall–Kier alpha value is -2.09. The van der Waals surface area contributed by atoms with Gasteiger partial charge in [0.05, 0.1) is 7.11 Å². The van der Waals surface area contributed by atoms with E-state index in [9.17, 15) is 0 Å². The van der Waals surface area contributed by atoms with Crippen LogP contribution in [0.2, 0.25) is 0 Å². The smallest absolute Gasteiger partial charge is 0.298 e. The van der Waals surface area contributed by atoms with E-state index in [-0.39, 0.29) is 0 Å². The molecule has 0 atom stereocenters. The molecular formula is C20H34N6O2. The maximum Gasteiger partial charge on any atom is 0.298 e. The normalized spacial score (nSPS) is 15.2. The minimum absolute atomic E-state index is 0.389. The number of fused-ring (bicyclic) bond motifs is 1. The number of rotatable bonds is 11. The standard InChI is InChI=1S/C20H34N6O2/c1-3-4-11-22-19-24-17(21)16-18(25-19)26(20(23-16)27-2)12-7-5-6-8-15-9-13-28-14-10-15/h15H,3-14H2,1-2H3,(H3,21,22,24,25). The molecule has 3 heterocycles. The molecule has 28 heavy (non-hydrogen) atoms. The Morgan fingerprint density at radius 1 is 1.14 bits per heavy atom. The van der Waals surface area contributed by atoms with E-state index in [4.69, 9.17) is 15.2 Å². The fourth-order valence-electron chi connectivity index (χ4n) is 3.73. The molecule has 156 valence electrons. The monoisotopic (exact) mass is 390 g/mol. The number of nitrogens with one attached hydrogen (secondary N) is 1. The van der Waals surface area contributed by atoms with Gasteiger partial charge >= 0.3 is 0 Å². The molecule has 0 saturated carbocycles. The highest BCUT2D eigenvalue weighted by Crippen LogP contribution is 2.26. The van der Waals surface area contributed by atoms with Gasteiger partial charge in [-0.25, -0.2) is 0 Å². The zero-order chi connectivity index (χ0) is 19.8. The molecule has 1 saturated heterocycles. The van der Waals surface area contributed by atoms with Crippen LogP contribution in [0, 0.1) is 5.92 Å². The average molecular weight is 391 g/mol. The first kappa shape index (κ1) is 20.6. The molecule has 2 aromatic rings. The third-order valence-corrected chi connectivity index (χ3v) is 5.42. The number of aromatic nitrogens is 4. The van der Waals surface area contributed by atoms with Crippen LogP contribution in [0.5, 0.6) is 6.01 Å². The largest absolute Gasteiger partial charge is 0.468 e. The molecule has 1 fully saturated rings. The van der Waals surface area contributed by atoms with Gasteiger partial charge in [0.2, 0.25) is 5.95 Å². The van der Waals surface area contributed by atoms with Gasteiger partial charge in [-0.1, -0.05) is 32.6 Å². The second-order valence-corrected chi connectivity index (χ2v) is 7.54. The maximum absolute atomic E-state index is 6.12. The van der Waals surface area contributed by atoms with Gasteiger partial charge in [0.15, 0.2) is 17.0 Å². The average Bonchev–Trinajstić information content (AvgIpc) is 3.07. The molecule has 0 bridgehead atoms. The van der Waals surface area contributed by atoms with E-state index in [2.05, 4.69) is 27.2 Å². The number of methoxy groups -OCH3 is 1. The number of aryl methyl sites for hydroxylation is 1. The van der Waals surface area contributed by atoms with Crippen LogP contribution in [-0.4, -0.2) is 46.4 Å². The number of unbranched alkanes of at least 4 members (excludes halogenated alkanes) is 3. The van der Waals surface area contributed by atoms with Crippen LogP contribution in [-0.2, 0) is 11.3 Å². The van der Waals surface area contributed by atoms with Gasteiger partial charge in [0.1, 0.15) is 0 Å². The van der Waals surface area contributed by atoms with Gasteiger partial charge in [0, 0.05) is 26.3 Å². The number of nitrogens with two attached hydrogens (primary N) is 1. The highest BCUT2D eigenvalue weighted by Gasteiger charge is 2.17. The Balaban J connectivity index is 1.61. The van der Waals surface area contributed by atoms with Crippen molar-refractivity contribution in [2.24, 2.45) is 5.92 Å². The Labute approximate surface area is 167 Å². The molecule has 8 heteroatoms. The molecule has 0 aromatic carbocycles. The van der Waals surface area contributed by atoms with Gasteiger partial charge in [-0.2, -0.15) is 15.0 Å². The van der Waals surface area contributed by atoms with Crippen molar-refractivity contribution >= 4 is 22.9 Å². The van der Waals surface area contributed by atoms with Crippen molar-refractivity contribution < 1.29 is 9.47 Å². The molecule has 2 aromatic heterocycles. The third kappa shape index (κ3) is 5.25. The van der Waals surface area contributed by atoms with Crippen molar-refractivity contribution in [3.63, 3.8) is 0 Å². The molecule has 0 aliphatic carbocycles. The summed E-state index contributed by atoms with van der Waals surface area (Å²) in [5, 5.41) is 3.25. The number of nitrogens with zero attached hydrogens (tertiary/aromatic N) is 4. The number of ether oxygens (including phenoxy) is 2. The van der Waals surface area contributed by atoms with Crippen molar-refractivity contribution in [3.8, 4) is 6.01 Å². The summed E-state index contributed by atoms with van der Waals surface area (Å²) in [5.74, 6) is 1.78. The number of imidazole rings is 1. The quantitative estimate of drug-likeness (QED) is 0.565. The van der Waals surface area contributed by atoms with Crippen molar-refractivity contribution in [3.05, 3.63) is 0 Å².